The highest BCUT2D eigenvalue weighted by atomic mass is 32.3. The minimum absolute atomic E-state index is 0.127. The van der Waals surface area contributed by atoms with E-state index in [1.165, 1.54) is 103 Å². The maximum absolute atomic E-state index is 2.58. The van der Waals surface area contributed by atoms with Crippen molar-refractivity contribution in [3.8, 4) is 44.5 Å². The number of nitrogens with zero attached hydrogens (tertiary/aromatic N) is 1. The molecule has 2 saturated carbocycles. The van der Waals surface area contributed by atoms with Gasteiger partial charge in [0.2, 0.25) is 0 Å². The van der Waals surface area contributed by atoms with Gasteiger partial charge in [-0.2, -0.15) is 0 Å². The molecule has 312 valence electrons. The van der Waals surface area contributed by atoms with Gasteiger partial charge < -0.3 is 4.90 Å². The summed E-state index contributed by atoms with van der Waals surface area (Å²) in [5, 5.41) is 0. The second kappa shape index (κ2) is 14.4. The van der Waals surface area contributed by atoms with Gasteiger partial charge in [0.25, 0.3) is 0 Å². The molecule has 4 aliphatic rings. The Morgan fingerprint density at radius 3 is 1.82 bits per heavy atom. The lowest BCUT2D eigenvalue weighted by atomic mass is 9.49. The number of fused-ring (bicyclic) bond motifs is 11. The van der Waals surface area contributed by atoms with E-state index in [1.54, 1.807) is 11.1 Å². The zero-order valence-corrected chi connectivity index (χ0v) is 38.7. The molecule has 11 rings (SSSR count). The fourth-order valence-corrected chi connectivity index (χ4v) is 14.0. The molecule has 62 heavy (non-hydrogen) atoms. The largest absolute Gasteiger partial charge is 0.310 e. The van der Waals surface area contributed by atoms with Gasteiger partial charge in [0.05, 0.1) is 0 Å². The van der Waals surface area contributed by atoms with E-state index in [-0.39, 0.29) is 10.8 Å². The summed E-state index contributed by atoms with van der Waals surface area (Å²) in [5.41, 5.74) is 21.5. The Bertz CT molecular complexity index is 2870. The fourth-order valence-electron chi connectivity index (χ4n) is 13.0. The SMILES string of the molecule is Cc1cccc(-c2ccc(N(c3ccc(S(C)(C)C)cc3)c3ccc4c(c3)C(C)(C)c3cc(-c5ccc6c(c5)-c5ccccc5C65C(C)CC6CC(C)CC5C6)ccc3-4)cc2)c1. The molecule has 5 unspecified atom stereocenters. The van der Waals surface area contributed by atoms with Crippen molar-refractivity contribution >= 4 is 27.1 Å². The number of hydrogen-bond acceptors (Lipinski definition) is 1. The second-order valence-electron chi connectivity index (χ2n) is 20.9. The van der Waals surface area contributed by atoms with Crippen LogP contribution in [0.1, 0.15) is 81.2 Å². The van der Waals surface area contributed by atoms with Gasteiger partial charge in [0.15, 0.2) is 0 Å². The number of hydrogen-bond donors (Lipinski definition) is 0. The number of rotatable bonds is 6. The standard InChI is InChI=1S/C60H61NS/c1-38-12-11-13-43(31-38)42-16-20-47(21-17-42)61(48-22-25-50(26-23-48)62(6,7)8)49-24-28-53-52-27-18-45(36-57(52)59(4,5)58(53)37-49)44-19-29-56-54(35-44)51-14-9-10-15-55(51)60(56)40(3)33-41-30-39(2)32-46(60)34-41/h9-29,31,35-37,39-41,46H,30,32-34H2,1-8H3. The minimum atomic E-state index is -0.841. The molecule has 2 heteroatoms. The summed E-state index contributed by atoms with van der Waals surface area (Å²) < 4.78 is 0. The number of benzene rings is 7. The Morgan fingerprint density at radius 2 is 1.08 bits per heavy atom. The normalized spacial score (nSPS) is 23.0. The number of anilines is 3. The summed E-state index contributed by atoms with van der Waals surface area (Å²) in [6, 6.07) is 58.8. The van der Waals surface area contributed by atoms with E-state index in [0.717, 1.165) is 23.4 Å². The highest BCUT2D eigenvalue weighted by molar-refractivity contribution is 8.32. The molecule has 0 amide bonds. The van der Waals surface area contributed by atoms with Crippen molar-refractivity contribution in [1.29, 1.82) is 0 Å². The van der Waals surface area contributed by atoms with Gasteiger partial charge in [-0.25, -0.2) is 10.0 Å². The van der Waals surface area contributed by atoms with Crippen molar-refractivity contribution in [2.24, 2.45) is 23.7 Å². The lowest BCUT2D eigenvalue weighted by Gasteiger charge is -2.54. The maximum Gasteiger partial charge on any atom is 0.0465 e. The van der Waals surface area contributed by atoms with Gasteiger partial charge in [0, 0.05) is 27.9 Å². The van der Waals surface area contributed by atoms with Crippen LogP contribution in [0, 0.1) is 30.6 Å². The summed E-state index contributed by atoms with van der Waals surface area (Å²) in [6.45, 7) is 12.1. The van der Waals surface area contributed by atoms with E-state index in [2.05, 4.69) is 210 Å². The third-order valence-electron chi connectivity index (χ3n) is 15.8. The van der Waals surface area contributed by atoms with Crippen LogP contribution >= 0.6 is 10.0 Å². The van der Waals surface area contributed by atoms with E-state index in [1.807, 2.05) is 0 Å². The molecule has 1 spiro atoms. The minimum Gasteiger partial charge on any atom is -0.310 e. The van der Waals surface area contributed by atoms with E-state index in [0.29, 0.717) is 5.92 Å². The van der Waals surface area contributed by atoms with E-state index >= 15 is 0 Å². The first-order valence-electron chi connectivity index (χ1n) is 23.1. The van der Waals surface area contributed by atoms with Crippen molar-refractivity contribution in [3.05, 3.63) is 179 Å². The molecule has 0 aliphatic heterocycles. The average molecular weight is 828 g/mol. The van der Waals surface area contributed by atoms with Crippen molar-refractivity contribution in [3.63, 3.8) is 0 Å². The highest BCUT2D eigenvalue weighted by Gasteiger charge is 2.56. The highest BCUT2D eigenvalue weighted by Crippen LogP contribution is 2.65. The van der Waals surface area contributed by atoms with Crippen LogP contribution in [0.3, 0.4) is 0 Å². The Morgan fingerprint density at radius 1 is 0.484 bits per heavy atom. The zero-order valence-electron chi connectivity index (χ0n) is 37.9. The van der Waals surface area contributed by atoms with Gasteiger partial charge in [-0.1, -0.05) is 124 Å². The quantitative estimate of drug-likeness (QED) is 0.161. The van der Waals surface area contributed by atoms with Crippen LogP contribution in [0.4, 0.5) is 17.1 Å². The molecule has 7 aromatic carbocycles. The van der Waals surface area contributed by atoms with E-state index in [9.17, 15) is 0 Å². The van der Waals surface area contributed by atoms with Crippen molar-refractivity contribution in [2.45, 2.75) is 76.0 Å². The summed E-state index contributed by atoms with van der Waals surface area (Å²) in [6.07, 6.45) is 12.6. The van der Waals surface area contributed by atoms with Gasteiger partial charge >= 0.3 is 0 Å². The first-order valence-corrected chi connectivity index (χ1v) is 26.0. The van der Waals surface area contributed by atoms with Crippen LogP contribution in [0.25, 0.3) is 44.5 Å². The van der Waals surface area contributed by atoms with Crippen LogP contribution in [0.15, 0.2) is 157 Å². The molecule has 2 fully saturated rings. The molecule has 0 saturated heterocycles. The van der Waals surface area contributed by atoms with Crippen molar-refractivity contribution in [1.82, 2.24) is 0 Å². The molecular weight excluding hydrogens is 767 g/mol. The molecule has 5 atom stereocenters. The summed E-state index contributed by atoms with van der Waals surface area (Å²) in [7, 11) is -0.841. The molecule has 0 N–H and O–H groups in total. The summed E-state index contributed by atoms with van der Waals surface area (Å²) >= 11 is 0. The summed E-state index contributed by atoms with van der Waals surface area (Å²) in [4.78, 5) is 3.87. The van der Waals surface area contributed by atoms with Gasteiger partial charge in [-0.15, -0.1) is 0 Å². The molecule has 1 nitrogen and oxygen atoms in total. The molecule has 0 heterocycles. The van der Waals surface area contributed by atoms with Crippen LogP contribution in [-0.2, 0) is 10.8 Å². The second-order valence-corrected chi connectivity index (χ2v) is 25.0. The average Bonchev–Trinajstić information content (AvgIpc) is 3.68. The van der Waals surface area contributed by atoms with Gasteiger partial charge in [-0.3, -0.25) is 0 Å². The maximum atomic E-state index is 2.58. The monoisotopic (exact) mass is 827 g/mol. The van der Waals surface area contributed by atoms with Crippen LogP contribution in [0.2, 0.25) is 0 Å². The Labute approximate surface area is 372 Å². The lowest BCUT2D eigenvalue weighted by molar-refractivity contribution is 0.0426. The predicted octanol–water partition coefficient (Wildman–Crippen LogP) is 16.5. The van der Waals surface area contributed by atoms with Gasteiger partial charge in [-0.05, 0) is 207 Å². The topological polar surface area (TPSA) is 3.24 Å². The van der Waals surface area contributed by atoms with E-state index in [4.69, 9.17) is 0 Å². The molecule has 4 aliphatic carbocycles. The molecule has 0 radical (unpaired) electrons. The molecular formula is C60H61NS. The van der Waals surface area contributed by atoms with Crippen LogP contribution in [-0.4, -0.2) is 18.8 Å². The van der Waals surface area contributed by atoms with Gasteiger partial charge in [0.1, 0.15) is 0 Å². The fraction of sp³-hybridized carbons (Fsp3) is 0.300. The Hall–Kier alpha value is -5.31. The zero-order chi connectivity index (χ0) is 42.7. The predicted molar refractivity (Wildman–Crippen MR) is 268 cm³/mol. The Balaban J connectivity index is 0.968. The smallest absolute Gasteiger partial charge is 0.0465 e. The molecule has 0 aromatic heterocycles. The molecule has 2 bridgehead atoms. The first-order chi connectivity index (χ1) is 29.8. The van der Waals surface area contributed by atoms with Crippen LogP contribution in [0.5, 0.6) is 0 Å². The Kier molecular flexibility index (Phi) is 9.16. The third kappa shape index (κ3) is 6.11. The third-order valence-corrected chi connectivity index (χ3v) is 17.5. The summed E-state index contributed by atoms with van der Waals surface area (Å²) in [5.74, 6) is 3.06. The van der Waals surface area contributed by atoms with Crippen molar-refractivity contribution in [2.75, 3.05) is 23.7 Å². The van der Waals surface area contributed by atoms with Crippen molar-refractivity contribution < 1.29 is 0 Å². The van der Waals surface area contributed by atoms with Crippen LogP contribution < -0.4 is 4.90 Å². The lowest BCUT2D eigenvalue weighted by Crippen LogP contribution is -2.49. The molecule has 7 aromatic rings. The number of aryl methyl sites for hydroxylation is 1. The van der Waals surface area contributed by atoms with E-state index < -0.39 is 10.0 Å². The first kappa shape index (κ1) is 39.5.